The van der Waals surface area contributed by atoms with Crippen LogP contribution in [0.4, 0.5) is 0 Å². The molecule has 0 amide bonds. The first-order valence-electron chi connectivity index (χ1n) is 10.6. The Morgan fingerprint density at radius 3 is 2.81 bits per heavy atom. The maximum absolute atomic E-state index is 13.4. The van der Waals surface area contributed by atoms with Crippen LogP contribution in [0.3, 0.4) is 0 Å². The SMILES string of the molecule is COc1cccc2oc(-c3nc4ccccc4c(=O)n3N=Cc3cc(Cl)c(OCC#N)c(Br)c3)cc12. The van der Waals surface area contributed by atoms with Gasteiger partial charge in [0.25, 0.3) is 5.56 Å². The lowest BCUT2D eigenvalue weighted by Crippen LogP contribution is -2.20. The van der Waals surface area contributed by atoms with Gasteiger partial charge in [-0.2, -0.15) is 15.0 Å². The molecule has 0 fully saturated rings. The zero-order chi connectivity index (χ0) is 25.2. The summed E-state index contributed by atoms with van der Waals surface area (Å²) in [4.78, 5) is 18.1. The molecule has 3 aromatic carbocycles. The number of benzene rings is 3. The van der Waals surface area contributed by atoms with Gasteiger partial charge >= 0.3 is 0 Å². The number of aromatic nitrogens is 2. The van der Waals surface area contributed by atoms with Crippen LogP contribution < -0.4 is 15.0 Å². The Hall–Kier alpha value is -4.13. The summed E-state index contributed by atoms with van der Waals surface area (Å²) in [6.07, 6.45) is 1.48. The van der Waals surface area contributed by atoms with Crippen molar-refractivity contribution in [2.75, 3.05) is 13.7 Å². The number of ether oxygens (including phenoxy) is 2. The molecule has 0 aliphatic rings. The Morgan fingerprint density at radius 1 is 1.19 bits per heavy atom. The van der Waals surface area contributed by atoms with Crippen LogP contribution in [0, 0.1) is 11.3 Å². The molecule has 0 bridgehead atoms. The Kier molecular flexibility index (Phi) is 6.46. The Bertz CT molecular complexity index is 1730. The van der Waals surface area contributed by atoms with E-state index in [1.807, 2.05) is 30.3 Å². The van der Waals surface area contributed by atoms with Crippen molar-refractivity contribution < 1.29 is 13.9 Å². The van der Waals surface area contributed by atoms with E-state index < -0.39 is 0 Å². The zero-order valence-corrected chi connectivity index (χ0v) is 21.1. The fourth-order valence-corrected chi connectivity index (χ4v) is 4.72. The highest BCUT2D eigenvalue weighted by Gasteiger charge is 2.18. The smallest absolute Gasteiger partial charge is 0.282 e. The molecule has 2 heterocycles. The second-order valence-corrected chi connectivity index (χ2v) is 8.82. The highest BCUT2D eigenvalue weighted by atomic mass is 79.9. The van der Waals surface area contributed by atoms with E-state index in [1.165, 1.54) is 10.9 Å². The first kappa shape index (κ1) is 23.6. The molecular formula is C26H16BrClN4O4. The van der Waals surface area contributed by atoms with Crippen LogP contribution in [-0.4, -0.2) is 29.6 Å². The van der Waals surface area contributed by atoms with E-state index in [1.54, 1.807) is 43.5 Å². The zero-order valence-electron chi connectivity index (χ0n) is 18.7. The molecule has 36 heavy (non-hydrogen) atoms. The first-order valence-corrected chi connectivity index (χ1v) is 11.8. The molecule has 0 saturated heterocycles. The summed E-state index contributed by atoms with van der Waals surface area (Å²) in [5.41, 5.74) is 1.33. The predicted octanol–water partition coefficient (Wildman–Crippen LogP) is 6.02. The molecule has 0 aliphatic heterocycles. The summed E-state index contributed by atoms with van der Waals surface area (Å²) < 4.78 is 18.6. The number of hydrogen-bond acceptors (Lipinski definition) is 7. The predicted molar refractivity (Wildman–Crippen MR) is 141 cm³/mol. The molecule has 0 unspecified atom stereocenters. The molecule has 10 heteroatoms. The van der Waals surface area contributed by atoms with Crippen molar-refractivity contribution in [1.82, 2.24) is 9.66 Å². The van der Waals surface area contributed by atoms with E-state index in [2.05, 4.69) is 26.0 Å². The largest absolute Gasteiger partial charge is 0.496 e. The summed E-state index contributed by atoms with van der Waals surface area (Å²) in [5.74, 6) is 1.57. The minimum atomic E-state index is -0.363. The third kappa shape index (κ3) is 4.33. The van der Waals surface area contributed by atoms with Gasteiger partial charge in [0.05, 0.1) is 39.1 Å². The van der Waals surface area contributed by atoms with Crippen molar-refractivity contribution in [3.63, 3.8) is 0 Å². The fourth-order valence-electron chi connectivity index (χ4n) is 3.73. The van der Waals surface area contributed by atoms with E-state index >= 15 is 0 Å². The van der Waals surface area contributed by atoms with E-state index in [4.69, 9.17) is 30.8 Å². The normalized spacial score (nSPS) is 11.3. The Labute approximate surface area is 218 Å². The molecule has 0 spiro atoms. The third-order valence-corrected chi connectivity index (χ3v) is 6.21. The minimum Gasteiger partial charge on any atom is -0.496 e. The van der Waals surface area contributed by atoms with Gasteiger partial charge in [-0.05, 0) is 64.0 Å². The van der Waals surface area contributed by atoms with Gasteiger partial charge in [0.2, 0.25) is 5.82 Å². The van der Waals surface area contributed by atoms with Crippen molar-refractivity contribution in [3.05, 3.63) is 86.1 Å². The number of nitriles is 1. The number of halogens is 2. The Morgan fingerprint density at radius 2 is 2.03 bits per heavy atom. The van der Waals surface area contributed by atoms with Crippen molar-refractivity contribution in [3.8, 4) is 29.2 Å². The molecule has 5 aromatic rings. The number of para-hydroxylation sites is 1. The first-order chi connectivity index (χ1) is 17.5. The molecule has 5 rings (SSSR count). The number of rotatable bonds is 6. The van der Waals surface area contributed by atoms with E-state index in [0.717, 1.165) is 5.39 Å². The molecule has 0 aliphatic carbocycles. The van der Waals surface area contributed by atoms with Gasteiger partial charge in [-0.3, -0.25) is 4.79 Å². The summed E-state index contributed by atoms with van der Waals surface area (Å²) >= 11 is 9.73. The summed E-state index contributed by atoms with van der Waals surface area (Å²) in [5, 5.41) is 14.6. The molecule has 0 atom stereocenters. The van der Waals surface area contributed by atoms with Crippen LogP contribution in [0.1, 0.15) is 5.56 Å². The number of furan rings is 1. The van der Waals surface area contributed by atoms with Crippen LogP contribution in [0.25, 0.3) is 33.5 Å². The molecule has 0 saturated carbocycles. The van der Waals surface area contributed by atoms with E-state index in [-0.39, 0.29) is 23.0 Å². The van der Waals surface area contributed by atoms with Crippen molar-refractivity contribution in [1.29, 1.82) is 5.26 Å². The summed E-state index contributed by atoms with van der Waals surface area (Å²) in [6, 6.07) is 19.5. The monoisotopic (exact) mass is 562 g/mol. The standard InChI is InChI=1S/C26H16BrClN4O4/c1-34-21-7-4-8-22-17(21)13-23(36-22)25-31-20-6-3-2-5-16(20)26(33)32(25)30-14-15-11-18(27)24(19(28)12-15)35-10-9-29/h2-8,11-14H,10H2,1H3. The molecule has 0 radical (unpaired) electrons. The van der Waals surface area contributed by atoms with Gasteiger partial charge in [-0.1, -0.05) is 29.8 Å². The van der Waals surface area contributed by atoms with Gasteiger partial charge in [0, 0.05) is 0 Å². The summed E-state index contributed by atoms with van der Waals surface area (Å²) in [7, 11) is 1.58. The number of nitrogens with zero attached hydrogens (tertiary/aromatic N) is 4. The minimum absolute atomic E-state index is 0.143. The summed E-state index contributed by atoms with van der Waals surface area (Å²) in [6.45, 7) is -0.143. The van der Waals surface area contributed by atoms with Crippen LogP contribution in [-0.2, 0) is 0 Å². The van der Waals surface area contributed by atoms with Gasteiger partial charge in [0.1, 0.15) is 17.4 Å². The lowest BCUT2D eigenvalue weighted by molar-refractivity contribution is 0.366. The van der Waals surface area contributed by atoms with Crippen molar-refractivity contribution >= 4 is 55.6 Å². The van der Waals surface area contributed by atoms with Crippen LogP contribution in [0.2, 0.25) is 5.02 Å². The second-order valence-electron chi connectivity index (χ2n) is 7.56. The maximum Gasteiger partial charge on any atom is 0.282 e. The fraction of sp³-hybridized carbons (Fsp3) is 0.0769. The van der Waals surface area contributed by atoms with Gasteiger partial charge < -0.3 is 13.9 Å². The number of fused-ring (bicyclic) bond motifs is 2. The average molecular weight is 564 g/mol. The molecule has 0 N–H and O–H groups in total. The molecule has 8 nitrogen and oxygen atoms in total. The van der Waals surface area contributed by atoms with Gasteiger partial charge in [-0.25, -0.2) is 4.98 Å². The maximum atomic E-state index is 13.4. The molecule has 178 valence electrons. The molecule has 2 aromatic heterocycles. The highest BCUT2D eigenvalue weighted by Crippen LogP contribution is 2.35. The second kappa shape index (κ2) is 9.85. The molecular weight excluding hydrogens is 548 g/mol. The average Bonchev–Trinajstić information content (AvgIpc) is 3.32. The lowest BCUT2D eigenvalue weighted by atomic mass is 10.2. The van der Waals surface area contributed by atoms with Crippen LogP contribution >= 0.6 is 27.5 Å². The van der Waals surface area contributed by atoms with Crippen LogP contribution in [0.15, 0.2) is 79.4 Å². The quantitative estimate of drug-likeness (QED) is 0.234. The number of methoxy groups -OCH3 is 1. The number of hydrogen-bond donors (Lipinski definition) is 0. The van der Waals surface area contributed by atoms with Gasteiger partial charge in [-0.15, -0.1) is 0 Å². The third-order valence-electron chi connectivity index (χ3n) is 5.34. The van der Waals surface area contributed by atoms with Crippen molar-refractivity contribution in [2.24, 2.45) is 5.10 Å². The van der Waals surface area contributed by atoms with Crippen LogP contribution in [0.5, 0.6) is 11.5 Å². The topological polar surface area (TPSA) is 103 Å². The van der Waals surface area contributed by atoms with E-state index in [0.29, 0.717) is 43.8 Å². The van der Waals surface area contributed by atoms with E-state index in [9.17, 15) is 4.79 Å². The lowest BCUT2D eigenvalue weighted by Gasteiger charge is -2.09. The highest BCUT2D eigenvalue weighted by molar-refractivity contribution is 9.10. The Balaban J connectivity index is 1.66. The van der Waals surface area contributed by atoms with Crippen molar-refractivity contribution in [2.45, 2.75) is 0 Å². The van der Waals surface area contributed by atoms with Gasteiger partial charge in [0.15, 0.2) is 18.1 Å².